The topological polar surface area (TPSA) is 98.8 Å². The number of hydrogen-bond donors (Lipinski definition) is 1. The Morgan fingerprint density at radius 3 is 2.94 bits per heavy atom. The number of anilines is 1. The van der Waals surface area contributed by atoms with Gasteiger partial charge in [-0.15, -0.1) is 0 Å². The van der Waals surface area contributed by atoms with Crippen molar-refractivity contribution in [3.05, 3.63) is 39.6 Å². The first kappa shape index (κ1) is 12.2. The van der Waals surface area contributed by atoms with Gasteiger partial charge < -0.3 is 5.32 Å². The molecule has 2 aromatic rings. The van der Waals surface area contributed by atoms with E-state index in [1.54, 1.807) is 18.1 Å². The molecule has 9 heteroatoms. The summed E-state index contributed by atoms with van der Waals surface area (Å²) < 4.78 is 1.54. The van der Waals surface area contributed by atoms with Gasteiger partial charge in [0.05, 0.1) is 16.5 Å². The van der Waals surface area contributed by atoms with Crippen molar-refractivity contribution in [3.63, 3.8) is 0 Å². The van der Waals surface area contributed by atoms with Crippen LogP contribution in [0.1, 0.15) is 5.82 Å². The fraction of sp³-hybridized carbons (Fsp3) is 0.222. The van der Waals surface area contributed by atoms with E-state index in [0.29, 0.717) is 5.82 Å². The van der Waals surface area contributed by atoms with Gasteiger partial charge in [0.15, 0.2) is 5.82 Å². The minimum absolute atomic E-state index is 0.136. The Bertz CT molecular complexity index is 584. The van der Waals surface area contributed by atoms with Crippen LogP contribution in [0, 0.1) is 10.1 Å². The molecule has 0 atom stereocenters. The van der Waals surface area contributed by atoms with Gasteiger partial charge in [-0.2, -0.15) is 5.10 Å². The maximum Gasteiger partial charge on any atom is 0.312 e. The van der Waals surface area contributed by atoms with Crippen molar-refractivity contribution in [2.75, 3.05) is 5.32 Å². The smallest absolute Gasteiger partial charge is 0.312 e. The van der Waals surface area contributed by atoms with Crippen LogP contribution in [0.5, 0.6) is 0 Å². The summed E-state index contributed by atoms with van der Waals surface area (Å²) >= 11 is 5.66. The van der Waals surface area contributed by atoms with Crippen LogP contribution >= 0.6 is 11.6 Å². The Labute approximate surface area is 107 Å². The summed E-state index contributed by atoms with van der Waals surface area (Å²) in [5, 5.41) is 17.9. The third-order valence-corrected chi connectivity index (χ3v) is 2.30. The minimum atomic E-state index is -0.549. The molecule has 2 rings (SSSR count). The van der Waals surface area contributed by atoms with Crippen LogP contribution in [-0.4, -0.2) is 24.7 Å². The van der Waals surface area contributed by atoms with Crippen LogP contribution in [0.3, 0.4) is 0 Å². The fourth-order valence-corrected chi connectivity index (χ4v) is 1.48. The monoisotopic (exact) mass is 268 g/mol. The molecule has 0 unspecified atom stereocenters. The zero-order valence-electron chi connectivity index (χ0n) is 9.37. The van der Waals surface area contributed by atoms with Gasteiger partial charge in [-0.1, -0.05) is 11.6 Å². The van der Waals surface area contributed by atoms with E-state index < -0.39 is 4.92 Å². The Balaban J connectivity index is 2.16. The van der Waals surface area contributed by atoms with Crippen LogP contribution < -0.4 is 5.32 Å². The second-order valence-electron chi connectivity index (χ2n) is 3.47. The summed E-state index contributed by atoms with van der Waals surface area (Å²) in [5.41, 5.74) is -0.182. The summed E-state index contributed by atoms with van der Waals surface area (Å²) in [6.07, 6.45) is 2.88. The first-order chi connectivity index (χ1) is 8.56. The van der Waals surface area contributed by atoms with E-state index in [0.717, 1.165) is 0 Å². The van der Waals surface area contributed by atoms with Crippen LogP contribution in [0.25, 0.3) is 0 Å². The highest BCUT2D eigenvalue weighted by Crippen LogP contribution is 2.25. The quantitative estimate of drug-likeness (QED) is 0.664. The number of aromatic nitrogens is 4. The molecule has 0 aliphatic rings. The number of halogens is 1. The number of nitro groups is 1. The Morgan fingerprint density at radius 2 is 2.33 bits per heavy atom. The van der Waals surface area contributed by atoms with Gasteiger partial charge in [0.25, 0.3) is 0 Å². The van der Waals surface area contributed by atoms with Crippen molar-refractivity contribution in [1.82, 2.24) is 19.7 Å². The summed E-state index contributed by atoms with van der Waals surface area (Å²) in [6.45, 7) is 0.246. The van der Waals surface area contributed by atoms with Crippen LogP contribution in [0.4, 0.5) is 11.5 Å². The standard InChI is InChI=1S/C9H9ClN6O2/c1-15-5-13-8(14-15)4-12-9-7(16(17)18)2-6(10)3-11-9/h2-3,5H,4H2,1H3,(H,11,12). The maximum absolute atomic E-state index is 10.8. The molecule has 0 radical (unpaired) electrons. The first-order valence-corrected chi connectivity index (χ1v) is 5.32. The molecule has 0 aliphatic heterocycles. The van der Waals surface area contributed by atoms with E-state index >= 15 is 0 Å². The highest BCUT2D eigenvalue weighted by atomic mass is 35.5. The summed E-state index contributed by atoms with van der Waals surface area (Å²) in [6, 6.07) is 1.24. The molecular weight excluding hydrogens is 260 g/mol. The summed E-state index contributed by atoms with van der Waals surface area (Å²) in [5.74, 6) is 0.653. The normalized spacial score (nSPS) is 10.3. The van der Waals surface area contributed by atoms with Gasteiger partial charge in [-0.05, 0) is 0 Å². The van der Waals surface area contributed by atoms with E-state index in [2.05, 4.69) is 20.4 Å². The molecule has 0 bridgehead atoms. The van der Waals surface area contributed by atoms with Crippen molar-refractivity contribution >= 4 is 23.1 Å². The van der Waals surface area contributed by atoms with Crippen LogP contribution in [0.2, 0.25) is 5.02 Å². The molecule has 0 aliphatic carbocycles. The lowest BCUT2D eigenvalue weighted by molar-refractivity contribution is -0.384. The predicted molar refractivity (Wildman–Crippen MR) is 64.2 cm³/mol. The molecule has 1 N–H and O–H groups in total. The zero-order chi connectivity index (χ0) is 13.1. The average molecular weight is 269 g/mol. The number of rotatable bonds is 4. The molecule has 0 spiro atoms. The van der Waals surface area contributed by atoms with Gasteiger partial charge in [0.2, 0.25) is 5.82 Å². The van der Waals surface area contributed by atoms with Crippen molar-refractivity contribution in [2.24, 2.45) is 7.05 Å². The number of aryl methyl sites for hydroxylation is 1. The summed E-state index contributed by atoms with van der Waals surface area (Å²) in [7, 11) is 1.74. The SMILES string of the molecule is Cn1cnc(CNc2ncc(Cl)cc2[N+](=O)[O-])n1. The van der Waals surface area contributed by atoms with Gasteiger partial charge >= 0.3 is 5.69 Å². The third-order valence-electron chi connectivity index (χ3n) is 2.09. The van der Waals surface area contributed by atoms with E-state index in [-0.39, 0.29) is 23.1 Å². The van der Waals surface area contributed by atoms with E-state index in [1.165, 1.54) is 12.3 Å². The lowest BCUT2D eigenvalue weighted by Gasteiger charge is -2.03. The number of pyridine rings is 1. The van der Waals surface area contributed by atoms with Gasteiger partial charge in [0.1, 0.15) is 6.33 Å². The third kappa shape index (κ3) is 2.72. The Morgan fingerprint density at radius 1 is 1.56 bits per heavy atom. The minimum Gasteiger partial charge on any atom is -0.357 e. The van der Waals surface area contributed by atoms with Gasteiger partial charge in [-0.3, -0.25) is 14.8 Å². The van der Waals surface area contributed by atoms with Crippen molar-refractivity contribution in [2.45, 2.75) is 6.54 Å². The molecule has 8 nitrogen and oxygen atoms in total. The van der Waals surface area contributed by atoms with E-state index in [9.17, 15) is 10.1 Å². The molecule has 2 aromatic heterocycles. The van der Waals surface area contributed by atoms with Crippen LogP contribution in [0.15, 0.2) is 18.6 Å². The highest BCUT2D eigenvalue weighted by Gasteiger charge is 2.16. The second kappa shape index (κ2) is 4.96. The number of nitrogens with zero attached hydrogens (tertiary/aromatic N) is 5. The molecular formula is C9H9ClN6O2. The lowest BCUT2D eigenvalue weighted by Crippen LogP contribution is -2.06. The maximum atomic E-state index is 10.8. The van der Waals surface area contributed by atoms with Gasteiger partial charge in [0, 0.05) is 19.3 Å². The summed E-state index contributed by atoms with van der Waals surface area (Å²) in [4.78, 5) is 18.1. The highest BCUT2D eigenvalue weighted by molar-refractivity contribution is 6.30. The van der Waals surface area contributed by atoms with Crippen molar-refractivity contribution in [1.29, 1.82) is 0 Å². The molecule has 0 saturated heterocycles. The average Bonchev–Trinajstić information content (AvgIpc) is 2.73. The van der Waals surface area contributed by atoms with Crippen LogP contribution in [-0.2, 0) is 13.6 Å². The fourth-order valence-electron chi connectivity index (χ4n) is 1.33. The van der Waals surface area contributed by atoms with Gasteiger partial charge in [-0.25, -0.2) is 9.97 Å². The molecule has 18 heavy (non-hydrogen) atoms. The number of hydrogen-bond acceptors (Lipinski definition) is 6. The van der Waals surface area contributed by atoms with E-state index in [4.69, 9.17) is 11.6 Å². The molecule has 0 fully saturated rings. The largest absolute Gasteiger partial charge is 0.357 e. The van der Waals surface area contributed by atoms with Crippen molar-refractivity contribution < 1.29 is 4.92 Å². The molecule has 2 heterocycles. The van der Waals surface area contributed by atoms with Crippen molar-refractivity contribution in [3.8, 4) is 0 Å². The zero-order valence-corrected chi connectivity index (χ0v) is 10.1. The lowest BCUT2D eigenvalue weighted by atomic mass is 10.4. The molecule has 0 amide bonds. The Hall–Kier alpha value is -2.22. The molecule has 0 aromatic carbocycles. The molecule has 94 valence electrons. The first-order valence-electron chi connectivity index (χ1n) is 4.94. The predicted octanol–water partition coefficient (Wildman–Crippen LogP) is 1.38. The molecule has 0 saturated carbocycles. The Kier molecular flexibility index (Phi) is 3.38. The number of nitrogens with one attached hydrogen (secondary N) is 1. The van der Waals surface area contributed by atoms with E-state index in [1.807, 2.05) is 0 Å². The second-order valence-corrected chi connectivity index (χ2v) is 3.90.